The minimum Gasteiger partial charge on any atom is -0.397 e. The second-order valence-electron chi connectivity index (χ2n) is 5.40. The summed E-state index contributed by atoms with van der Waals surface area (Å²) in [5.74, 6) is -0.682. The maximum atomic E-state index is 12.3. The van der Waals surface area contributed by atoms with Crippen molar-refractivity contribution < 1.29 is 13.2 Å². The van der Waals surface area contributed by atoms with Crippen LogP contribution >= 0.6 is 11.6 Å². The van der Waals surface area contributed by atoms with Gasteiger partial charge in [-0.05, 0) is 38.0 Å². The molecule has 1 aromatic carbocycles. The zero-order chi connectivity index (χ0) is 16.4. The first-order chi connectivity index (χ1) is 9.57. The summed E-state index contributed by atoms with van der Waals surface area (Å²) in [5, 5.41) is 1.17. The van der Waals surface area contributed by atoms with Crippen molar-refractivity contribution in [3.8, 4) is 0 Å². The fraction of sp³-hybridized carbons (Fsp3) is 0.500. The van der Waals surface area contributed by atoms with Crippen molar-refractivity contribution in [1.29, 1.82) is 0 Å². The SMILES string of the molecule is CC(C)C(C)S(=O)(=O)C(C)C(=O)Nc1cc(Cl)ccc1N. The molecular formula is C14H21ClN2O3S. The number of carbonyl (C=O) groups is 1. The third-order valence-corrected chi connectivity index (χ3v) is 6.61. The Bertz CT molecular complexity index is 629. The molecule has 0 saturated heterocycles. The second kappa shape index (κ2) is 6.66. The summed E-state index contributed by atoms with van der Waals surface area (Å²) in [6.45, 7) is 6.60. The molecule has 2 atom stereocenters. The van der Waals surface area contributed by atoms with Crippen LogP contribution in [0.4, 0.5) is 11.4 Å². The van der Waals surface area contributed by atoms with E-state index in [1.165, 1.54) is 13.0 Å². The second-order valence-corrected chi connectivity index (χ2v) is 8.47. The highest BCUT2D eigenvalue weighted by molar-refractivity contribution is 7.93. The fourth-order valence-electron chi connectivity index (χ4n) is 1.72. The van der Waals surface area contributed by atoms with E-state index in [1.807, 2.05) is 13.8 Å². The number of halogens is 1. The molecule has 0 spiro atoms. The standard InChI is InChI=1S/C14H21ClN2O3S/c1-8(2)9(3)21(19,20)10(4)14(18)17-13-7-11(15)5-6-12(13)16/h5-10H,16H2,1-4H3,(H,17,18). The van der Waals surface area contributed by atoms with Gasteiger partial charge >= 0.3 is 0 Å². The van der Waals surface area contributed by atoms with Gasteiger partial charge in [0.15, 0.2) is 9.84 Å². The van der Waals surface area contributed by atoms with E-state index < -0.39 is 26.2 Å². The Morgan fingerprint density at radius 2 is 1.81 bits per heavy atom. The zero-order valence-corrected chi connectivity index (χ0v) is 14.1. The van der Waals surface area contributed by atoms with Crippen LogP contribution in [0.5, 0.6) is 0 Å². The third-order valence-electron chi connectivity index (χ3n) is 3.59. The molecule has 7 heteroatoms. The molecule has 21 heavy (non-hydrogen) atoms. The summed E-state index contributed by atoms with van der Waals surface area (Å²) < 4.78 is 24.7. The normalized spacial score (nSPS) is 14.8. The summed E-state index contributed by atoms with van der Waals surface area (Å²) >= 11 is 5.84. The van der Waals surface area contributed by atoms with Gasteiger partial charge < -0.3 is 11.1 Å². The fourth-order valence-corrected chi connectivity index (χ4v) is 3.65. The van der Waals surface area contributed by atoms with Crippen LogP contribution < -0.4 is 11.1 Å². The average Bonchev–Trinajstić information content (AvgIpc) is 2.40. The minimum absolute atomic E-state index is 0.0681. The van der Waals surface area contributed by atoms with Gasteiger partial charge in [0.25, 0.3) is 0 Å². The van der Waals surface area contributed by atoms with Gasteiger partial charge in [0.2, 0.25) is 5.91 Å². The van der Waals surface area contributed by atoms with Gasteiger partial charge in [-0.1, -0.05) is 25.4 Å². The lowest BCUT2D eigenvalue weighted by atomic mass is 10.2. The molecule has 3 N–H and O–H groups in total. The number of anilines is 2. The number of nitrogens with one attached hydrogen (secondary N) is 1. The molecule has 0 radical (unpaired) electrons. The minimum atomic E-state index is -3.57. The van der Waals surface area contributed by atoms with E-state index in [0.29, 0.717) is 16.4 Å². The molecule has 118 valence electrons. The smallest absolute Gasteiger partial charge is 0.242 e. The number of hydrogen-bond acceptors (Lipinski definition) is 4. The molecule has 1 amide bonds. The van der Waals surface area contributed by atoms with Gasteiger partial charge in [0.1, 0.15) is 5.25 Å². The first-order valence-corrected chi connectivity index (χ1v) is 8.64. The highest BCUT2D eigenvalue weighted by atomic mass is 35.5. The van der Waals surface area contributed by atoms with Crippen molar-refractivity contribution in [1.82, 2.24) is 0 Å². The highest BCUT2D eigenvalue weighted by Crippen LogP contribution is 2.24. The van der Waals surface area contributed by atoms with Crippen molar-refractivity contribution >= 4 is 38.7 Å². The van der Waals surface area contributed by atoms with Gasteiger partial charge in [0.05, 0.1) is 16.6 Å². The van der Waals surface area contributed by atoms with E-state index in [0.717, 1.165) is 0 Å². The number of nitrogen functional groups attached to an aromatic ring is 1. The first kappa shape index (κ1) is 17.8. The molecule has 0 fully saturated rings. The average molecular weight is 333 g/mol. The van der Waals surface area contributed by atoms with Crippen LogP contribution in [-0.4, -0.2) is 24.8 Å². The predicted octanol–water partition coefficient (Wildman–Crippen LogP) is 2.71. The summed E-state index contributed by atoms with van der Waals surface area (Å²) in [6.07, 6.45) is 0. The molecule has 2 unspecified atom stereocenters. The van der Waals surface area contributed by atoms with Crippen LogP contribution in [0.25, 0.3) is 0 Å². The number of nitrogens with two attached hydrogens (primary N) is 1. The van der Waals surface area contributed by atoms with Gasteiger partial charge in [-0.2, -0.15) is 0 Å². The number of carbonyl (C=O) groups excluding carboxylic acids is 1. The molecular weight excluding hydrogens is 312 g/mol. The van der Waals surface area contributed by atoms with Crippen molar-refractivity contribution in [3.05, 3.63) is 23.2 Å². The van der Waals surface area contributed by atoms with Crippen molar-refractivity contribution in [2.24, 2.45) is 5.92 Å². The largest absolute Gasteiger partial charge is 0.397 e. The number of sulfone groups is 1. The molecule has 1 aromatic rings. The van der Waals surface area contributed by atoms with E-state index in [9.17, 15) is 13.2 Å². The van der Waals surface area contributed by atoms with E-state index in [4.69, 9.17) is 17.3 Å². The Morgan fingerprint density at radius 3 is 2.33 bits per heavy atom. The van der Waals surface area contributed by atoms with Gasteiger partial charge in [-0.25, -0.2) is 8.42 Å². The summed E-state index contributed by atoms with van der Waals surface area (Å²) in [4.78, 5) is 12.2. The number of rotatable bonds is 5. The van der Waals surface area contributed by atoms with Crippen LogP contribution in [0.1, 0.15) is 27.7 Å². The number of amides is 1. The van der Waals surface area contributed by atoms with E-state index in [2.05, 4.69) is 5.32 Å². The number of benzene rings is 1. The van der Waals surface area contributed by atoms with Crippen LogP contribution in [0.3, 0.4) is 0 Å². The lowest BCUT2D eigenvalue weighted by Crippen LogP contribution is -2.39. The topological polar surface area (TPSA) is 89.3 Å². The maximum absolute atomic E-state index is 12.3. The number of hydrogen-bond donors (Lipinski definition) is 2. The molecule has 5 nitrogen and oxygen atoms in total. The first-order valence-electron chi connectivity index (χ1n) is 6.66. The van der Waals surface area contributed by atoms with Gasteiger partial charge in [0, 0.05) is 5.02 Å². The van der Waals surface area contributed by atoms with Crippen LogP contribution in [0.15, 0.2) is 18.2 Å². The Kier molecular flexibility index (Phi) is 5.64. The molecule has 0 heterocycles. The van der Waals surface area contributed by atoms with Crippen molar-refractivity contribution in [2.45, 2.75) is 38.2 Å². The molecule has 0 bridgehead atoms. The Labute approximate surface area is 130 Å². The monoisotopic (exact) mass is 332 g/mol. The lowest BCUT2D eigenvalue weighted by molar-refractivity contribution is -0.115. The van der Waals surface area contributed by atoms with Crippen LogP contribution in [0, 0.1) is 5.92 Å². The molecule has 0 aliphatic carbocycles. The molecule has 0 aliphatic rings. The Balaban J connectivity index is 2.96. The van der Waals surface area contributed by atoms with Crippen LogP contribution in [0.2, 0.25) is 5.02 Å². The molecule has 0 saturated carbocycles. The summed E-state index contributed by atoms with van der Waals surface area (Å²) in [6, 6.07) is 4.63. The predicted molar refractivity (Wildman–Crippen MR) is 87.2 cm³/mol. The van der Waals surface area contributed by atoms with Gasteiger partial charge in [-0.3, -0.25) is 4.79 Å². The van der Waals surface area contributed by atoms with E-state index in [1.54, 1.807) is 19.1 Å². The summed E-state index contributed by atoms with van der Waals surface area (Å²) in [5.41, 5.74) is 6.37. The van der Waals surface area contributed by atoms with E-state index >= 15 is 0 Å². The quantitative estimate of drug-likeness (QED) is 0.811. The van der Waals surface area contributed by atoms with Crippen molar-refractivity contribution in [2.75, 3.05) is 11.1 Å². The Hall–Kier alpha value is -1.27. The van der Waals surface area contributed by atoms with Crippen LogP contribution in [-0.2, 0) is 14.6 Å². The molecule has 0 aromatic heterocycles. The third kappa shape index (κ3) is 4.11. The van der Waals surface area contributed by atoms with Gasteiger partial charge in [-0.15, -0.1) is 0 Å². The lowest BCUT2D eigenvalue weighted by Gasteiger charge is -2.21. The highest BCUT2D eigenvalue weighted by Gasteiger charge is 2.34. The molecule has 1 rings (SSSR count). The zero-order valence-electron chi connectivity index (χ0n) is 12.6. The molecule has 0 aliphatic heterocycles. The van der Waals surface area contributed by atoms with Crippen molar-refractivity contribution in [3.63, 3.8) is 0 Å². The van der Waals surface area contributed by atoms with E-state index in [-0.39, 0.29) is 5.92 Å². The Morgan fingerprint density at radius 1 is 1.24 bits per heavy atom. The maximum Gasteiger partial charge on any atom is 0.242 e. The summed E-state index contributed by atoms with van der Waals surface area (Å²) in [7, 11) is -3.57.